The van der Waals surface area contributed by atoms with Crippen molar-refractivity contribution in [1.82, 2.24) is 0 Å². The Bertz CT molecular complexity index is 974. The van der Waals surface area contributed by atoms with E-state index in [9.17, 15) is 22.4 Å². The van der Waals surface area contributed by atoms with Crippen molar-refractivity contribution in [3.63, 3.8) is 0 Å². The molecule has 0 radical (unpaired) electrons. The SMILES string of the molecule is COC(=O)c1c(CCCCC(=O)O)cccc1NS(=O)(=O)c1ccccc1F. The summed E-state index contributed by atoms with van der Waals surface area (Å²) in [4.78, 5) is 22.3. The van der Waals surface area contributed by atoms with Gasteiger partial charge in [-0.15, -0.1) is 0 Å². The minimum Gasteiger partial charge on any atom is -0.481 e. The molecule has 0 saturated heterocycles. The zero-order valence-electron chi connectivity index (χ0n) is 15.1. The number of ether oxygens (including phenoxy) is 1. The summed E-state index contributed by atoms with van der Waals surface area (Å²) in [7, 11) is -3.11. The van der Waals surface area contributed by atoms with Crippen molar-refractivity contribution in [2.24, 2.45) is 0 Å². The monoisotopic (exact) mass is 409 g/mol. The Labute approximate surface area is 162 Å². The molecule has 7 nitrogen and oxygen atoms in total. The topological polar surface area (TPSA) is 110 Å². The van der Waals surface area contributed by atoms with Gasteiger partial charge in [-0.1, -0.05) is 24.3 Å². The molecule has 0 spiro atoms. The number of anilines is 1. The van der Waals surface area contributed by atoms with Crippen LogP contribution in [0.1, 0.15) is 35.2 Å². The first kappa shape index (κ1) is 21.4. The lowest BCUT2D eigenvalue weighted by Gasteiger charge is -2.15. The fraction of sp³-hybridized carbons (Fsp3) is 0.263. The first-order valence-electron chi connectivity index (χ1n) is 8.45. The van der Waals surface area contributed by atoms with Crippen molar-refractivity contribution in [3.8, 4) is 0 Å². The Morgan fingerprint density at radius 3 is 2.46 bits per heavy atom. The number of hydrogen-bond donors (Lipinski definition) is 2. The average molecular weight is 409 g/mol. The lowest BCUT2D eigenvalue weighted by atomic mass is 10.00. The Morgan fingerprint density at radius 1 is 1.11 bits per heavy atom. The standard InChI is InChI=1S/C19H20FNO6S/c1-27-19(24)18-13(7-2-5-12-17(22)23)8-6-10-15(18)21-28(25,26)16-11-4-3-9-14(16)20/h3-4,6,8-11,21H,2,5,7,12H2,1H3,(H,22,23). The number of aryl methyl sites for hydroxylation is 1. The number of nitrogens with one attached hydrogen (secondary N) is 1. The third-order valence-corrected chi connectivity index (χ3v) is 5.40. The van der Waals surface area contributed by atoms with Crippen LogP contribution in [-0.2, 0) is 26.0 Å². The van der Waals surface area contributed by atoms with Gasteiger partial charge in [0.05, 0.1) is 18.4 Å². The number of carboxylic acids is 1. The molecular weight excluding hydrogens is 389 g/mol. The molecule has 0 fully saturated rings. The van der Waals surface area contributed by atoms with Gasteiger partial charge in [-0.05, 0) is 43.0 Å². The summed E-state index contributed by atoms with van der Waals surface area (Å²) in [5.74, 6) is -2.58. The third-order valence-electron chi connectivity index (χ3n) is 4.00. The van der Waals surface area contributed by atoms with E-state index in [2.05, 4.69) is 4.72 Å². The van der Waals surface area contributed by atoms with Crippen molar-refractivity contribution in [1.29, 1.82) is 0 Å². The van der Waals surface area contributed by atoms with E-state index in [1.54, 1.807) is 12.1 Å². The average Bonchev–Trinajstić information content (AvgIpc) is 2.64. The molecule has 0 heterocycles. The van der Waals surface area contributed by atoms with Gasteiger partial charge in [-0.3, -0.25) is 9.52 Å². The van der Waals surface area contributed by atoms with Crippen LogP contribution in [0.15, 0.2) is 47.4 Å². The van der Waals surface area contributed by atoms with Crippen molar-refractivity contribution in [2.45, 2.75) is 30.6 Å². The maximum atomic E-state index is 13.9. The van der Waals surface area contributed by atoms with E-state index in [1.807, 2.05) is 0 Å². The molecule has 0 unspecified atom stereocenters. The zero-order chi connectivity index (χ0) is 20.7. The predicted molar refractivity (Wildman–Crippen MR) is 100 cm³/mol. The van der Waals surface area contributed by atoms with Gasteiger partial charge in [-0.2, -0.15) is 0 Å². The predicted octanol–water partition coefficient (Wildman–Crippen LogP) is 3.21. The number of sulfonamides is 1. The molecule has 0 aliphatic carbocycles. The minimum absolute atomic E-state index is 0.00678. The van der Waals surface area contributed by atoms with E-state index in [-0.39, 0.29) is 17.7 Å². The second kappa shape index (κ2) is 9.32. The van der Waals surface area contributed by atoms with Gasteiger partial charge in [0.15, 0.2) is 0 Å². The number of aliphatic carboxylic acids is 1. The summed E-state index contributed by atoms with van der Waals surface area (Å²) in [6, 6.07) is 9.46. The van der Waals surface area contributed by atoms with Crippen LogP contribution in [0.4, 0.5) is 10.1 Å². The smallest absolute Gasteiger partial charge is 0.340 e. The molecule has 0 bridgehead atoms. The van der Waals surface area contributed by atoms with Gasteiger partial charge in [0.2, 0.25) is 0 Å². The maximum absolute atomic E-state index is 13.9. The number of methoxy groups -OCH3 is 1. The number of rotatable bonds is 9. The molecule has 0 saturated carbocycles. The van der Waals surface area contributed by atoms with Gasteiger partial charge in [0, 0.05) is 6.42 Å². The fourth-order valence-corrected chi connectivity index (χ4v) is 3.84. The number of carbonyl (C=O) groups excluding carboxylic acids is 1. The van der Waals surface area contributed by atoms with Crippen molar-refractivity contribution in [2.75, 3.05) is 11.8 Å². The van der Waals surface area contributed by atoms with E-state index >= 15 is 0 Å². The van der Waals surface area contributed by atoms with Crippen LogP contribution in [0, 0.1) is 5.82 Å². The highest BCUT2D eigenvalue weighted by atomic mass is 32.2. The second-order valence-corrected chi connectivity index (χ2v) is 7.62. The molecule has 150 valence electrons. The molecule has 2 aromatic carbocycles. The lowest BCUT2D eigenvalue weighted by Crippen LogP contribution is -2.18. The van der Waals surface area contributed by atoms with E-state index in [1.165, 1.54) is 25.3 Å². The second-order valence-electron chi connectivity index (χ2n) is 5.97. The molecule has 9 heteroatoms. The van der Waals surface area contributed by atoms with Crippen LogP contribution in [0.2, 0.25) is 0 Å². The Kier molecular flexibility index (Phi) is 7.11. The number of carbonyl (C=O) groups is 2. The molecule has 0 atom stereocenters. The Balaban J connectivity index is 2.35. The first-order valence-corrected chi connectivity index (χ1v) is 9.94. The lowest BCUT2D eigenvalue weighted by molar-refractivity contribution is -0.137. The molecule has 2 aromatic rings. The highest BCUT2D eigenvalue weighted by Gasteiger charge is 2.23. The molecule has 0 aromatic heterocycles. The summed E-state index contributed by atoms with van der Waals surface area (Å²) < 4.78 is 46.0. The summed E-state index contributed by atoms with van der Waals surface area (Å²) in [6.45, 7) is 0. The van der Waals surface area contributed by atoms with Crippen molar-refractivity contribution < 1.29 is 32.2 Å². The van der Waals surface area contributed by atoms with Crippen LogP contribution in [-0.4, -0.2) is 32.6 Å². The Hall–Kier alpha value is -2.94. The largest absolute Gasteiger partial charge is 0.481 e. The van der Waals surface area contributed by atoms with Gasteiger partial charge >= 0.3 is 11.9 Å². The van der Waals surface area contributed by atoms with E-state index < -0.39 is 32.7 Å². The number of carboxylic acid groups (broad SMARTS) is 1. The number of hydrogen-bond acceptors (Lipinski definition) is 5. The minimum atomic E-state index is -4.27. The fourth-order valence-electron chi connectivity index (χ4n) is 2.69. The van der Waals surface area contributed by atoms with Crippen LogP contribution in [0.5, 0.6) is 0 Å². The van der Waals surface area contributed by atoms with Gasteiger partial charge in [0.1, 0.15) is 10.7 Å². The Morgan fingerprint density at radius 2 is 1.82 bits per heavy atom. The van der Waals surface area contributed by atoms with Gasteiger partial charge in [-0.25, -0.2) is 17.6 Å². The van der Waals surface area contributed by atoms with Crippen LogP contribution in [0.25, 0.3) is 0 Å². The van der Waals surface area contributed by atoms with Crippen LogP contribution in [0.3, 0.4) is 0 Å². The van der Waals surface area contributed by atoms with Crippen LogP contribution < -0.4 is 4.72 Å². The number of esters is 1. The summed E-state index contributed by atoms with van der Waals surface area (Å²) in [6.07, 6.45) is 1.24. The van der Waals surface area contributed by atoms with Crippen LogP contribution >= 0.6 is 0 Å². The third kappa shape index (κ3) is 5.29. The normalized spacial score (nSPS) is 11.1. The molecule has 0 aliphatic heterocycles. The molecule has 0 aliphatic rings. The van der Waals surface area contributed by atoms with Gasteiger partial charge < -0.3 is 9.84 Å². The first-order chi connectivity index (χ1) is 13.3. The quantitative estimate of drug-likeness (QED) is 0.486. The van der Waals surface area contributed by atoms with E-state index in [0.29, 0.717) is 24.8 Å². The van der Waals surface area contributed by atoms with Crippen molar-refractivity contribution in [3.05, 3.63) is 59.4 Å². The highest BCUT2D eigenvalue weighted by molar-refractivity contribution is 7.92. The zero-order valence-corrected chi connectivity index (χ0v) is 16.0. The van der Waals surface area contributed by atoms with E-state index in [4.69, 9.17) is 9.84 Å². The molecule has 2 rings (SSSR count). The number of benzene rings is 2. The highest BCUT2D eigenvalue weighted by Crippen LogP contribution is 2.26. The molecule has 2 N–H and O–H groups in total. The van der Waals surface area contributed by atoms with Crippen molar-refractivity contribution >= 4 is 27.6 Å². The summed E-state index contributed by atoms with van der Waals surface area (Å²) in [5.41, 5.74) is 0.483. The summed E-state index contributed by atoms with van der Waals surface area (Å²) >= 11 is 0. The molecule has 28 heavy (non-hydrogen) atoms. The summed E-state index contributed by atoms with van der Waals surface area (Å²) in [5, 5.41) is 8.71. The van der Waals surface area contributed by atoms with Gasteiger partial charge in [0.25, 0.3) is 10.0 Å². The molecular formula is C19H20FNO6S. The number of halogens is 1. The van der Waals surface area contributed by atoms with E-state index in [0.717, 1.165) is 12.1 Å². The molecule has 0 amide bonds. The number of unbranched alkanes of at least 4 members (excludes halogenated alkanes) is 1. The maximum Gasteiger partial charge on any atom is 0.340 e.